The van der Waals surface area contributed by atoms with E-state index in [9.17, 15) is 14.4 Å². The third kappa shape index (κ3) is 7.56. The summed E-state index contributed by atoms with van der Waals surface area (Å²) in [5, 5.41) is 8.38. The molecule has 0 aliphatic heterocycles. The molecule has 4 aromatic carbocycles. The summed E-state index contributed by atoms with van der Waals surface area (Å²) in [6.45, 7) is 0. The molecular formula is C35H26N4O5S. The van der Waals surface area contributed by atoms with Crippen LogP contribution in [0.1, 0.15) is 16.1 Å². The number of nitrogens with one attached hydrogen (secondary N) is 3. The summed E-state index contributed by atoms with van der Waals surface area (Å²) in [4.78, 5) is 44.0. The molecule has 0 radical (unpaired) electrons. The van der Waals surface area contributed by atoms with E-state index >= 15 is 0 Å². The molecule has 0 bridgehead atoms. The van der Waals surface area contributed by atoms with Gasteiger partial charge in [0.15, 0.2) is 5.58 Å². The number of fused-ring (bicyclic) bond motifs is 1. The molecule has 3 amide bonds. The second-order valence-corrected chi connectivity index (χ2v) is 10.8. The molecule has 3 N–H and O–H groups in total. The molecule has 2 aromatic heterocycles. The van der Waals surface area contributed by atoms with Gasteiger partial charge in [0.2, 0.25) is 11.8 Å². The molecule has 0 aliphatic rings. The van der Waals surface area contributed by atoms with Crippen LogP contribution in [0.25, 0.3) is 28.6 Å². The highest BCUT2D eigenvalue weighted by Gasteiger charge is 2.16. The lowest BCUT2D eigenvalue weighted by atomic mass is 10.2. The van der Waals surface area contributed by atoms with Crippen molar-refractivity contribution in [3.63, 3.8) is 0 Å². The number of carbonyl (C=O) groups excluding carboxylic acids is 3. The Kier molecular flexibility index (Phi) is 8.84. The summed E-state index contributed by atoms with van der Waals surface area (Å²) < 4.78 is 11.2. The van der Waals surface area contributed by atoms with Crippen LogP contribution in [0.2, 0.25) is 0 Å². The maximum Gasteiger partial charge on any atom is 0.272 e. The maximum absolute atomic E-state index is 13.2. The Morgan fingerprint density at radius 2 is 1.58 bits per heavy atom. The number of carbonyl (C=O) groups is 3. The third-order valence-corrected chi connectivity index (χ3v) is 7.52. The van der Waals surface area contributed by atoms with Crippen molar-refractivity contribution in [2.45, 2.75) is 4.90 Å². The number of hydrogen-bond donors (Lipinski definition) is 3. The number of anilines is 2. The maximum atomic E-state index is 13.2. The molecule has 0 aliphatic carbocycles. The Bertz CT molecular complexity index is 1950. The quantitative estimate of drug-likeness (QED) is 0.110. The Labute approximate surface area is 262 Å². The van der Waals surface area contributed by atoms with Crippen molar-refractivity contribution in [2.75, 3.05) is 16.4 Å². The van der Waals surface area contributed by atoms with Gasteiger partial charge in [-0.25, -0.2) is 4.98 Å². The van der Waals surface area contributed by atoms with Gasteiger partial charge < -0.3 is 24.8 Å². The van der Waals surface area contributed by atoms with E-state index in [0.717, 1.165) is 16.0 Å². The van der Waals surface area contributed by atoms with E-state index in [1.54, 1.807) is 72.8 Å². The number of benzene rings is 4. The zero-order chi connectivity index (χ0) is 31.0. The molecule has 0 unspecified atom stereocenters. The van der Waals surface area contributed by atoms with Crippen LogP contribution in [0.3, 0.4) is 0 Å². The first-order chi connectivity index (χ1) is 22.0. The normalized spacial score (nSPS) is 11.2. The lowest BCUT2D eigenvalue weighted by molar-refractivity contribution is -0.114. The van der Waals surface area contributed by atoms with E-state index in [2.05, 4.69) is 20.9 Å². The predicted octanol–water partition coefficient (Wildman–Crippen LogP) is 7.23. The molecule has 0 spiro atoms. The first-order valence-electron chi connectivity index (χ1n) is 13.9. The van der Waals surface area contributed by atoms with Gasteiger partial charge in [-0.15, -0.1) is 11.8 Å². The van der Waals surface area contributed by atoms with Gasteiger partial charge in [-0.1, -0.05) is 36.4 Å². The van der Waals surface area contributed by atoms with Crippen molar-refractivity contribution in [1.29, 1.82) is 0 Å². The average molecular weight is 615 g/mol. The van der Waals surface area contributed by atoms with Crippen LogP contribution in [0, 0.1) is 0 Å². The summed E-state index contributed by atoms with van der Waals surface area (Å²) >= 11 is 1.32. The number of nitrogens with zero attached hydrogens (tertiary/aromatic N) is 1. The second kappa shape index (κ2) is 13.6. The molecule has 2 heterocycles. The monoisotopic (exact) mass is 614 g/mol. The minimum Gasteiger partial charge on any atom is -0.465 e. The molecule has 6 rings (SSSR count). The number of amides is 3. The van der Waals surface area contributed by atoms with Crippen molar-refractivity contribution in [3.8, 4) is 11.5 Å². The lowest BCUT2D eigenvalue weighted by Crippen LogP contribution is -2.30. The molecule has 0 fully saturated rings. The van der Waals surface area contributed by atoms with Crippen LogP contribution in [0.5, 0.6) is 0 Å². The van der Waals surface area contributed by atoms with Crippen molar-refractivity contribution >= 4 is 58.0 Å². The molecule has 45 heavy (non-hydrogen) atoms. The number of oxazole rings is 1. The summed E-state index contributed by atoms with van der Waals surface area (Å²) in [5.74, 6) is -0.0718. The standard InChI is InChI=1S/C35H26N4O5S/c40-32(36-25-17-15-24(16-18-25)35-39-29-13-4-5-14-31(29)44-35)22-45-28-12-6-10-26(20-28)37-34(42)30(21-27-11-7-19-43-27)38-33(41)23-8-2-1-3-9-23/h1-21H,22H2,(H,36,40)(H,37,42)(H,38,41)/b30-21-. The van der Waals surface area contributed by atoms with Gasteiger partial charge in [0.1, 0.15) is 17.0 Å². The van der Waals surface area contributed by atoms with E-state index in [1.165, 1.54) is 24.1 Å². The topological polar surface area (TPSA) is 126 Å². The van der Waals surface area contributed by atoms with Crippen molar-refractivity contribution in [1.82, 2.24) is 10.3 Å². The van der Waals surface area contributed by atoms with Gasteiger partial charge in [-0.05, 0) is 78.9 Å². The van der Waals surface area contributed by atoms with E-state index in [0.29, 0.717) is 34.2 Å². The third-order valence-electron chi connectivity index (χ3n) is 6.53. The fraction of sp³-hybridized carbons (Fsp3) is 0.0286. The molecule has 0 atom stereocenters. The van der Waals surface area contributed by atoms with E-state index in [1.807, 2.05) is 42.5 Å². The summed E-state index contributed by atoms with van der Waals surface area (Å²) in [6, 6.07) is 33.9. The average Bonchev–Trinajstić information content (AvgIpc) is 3.75. The fourth-order valence-corrected chi connectivity index (χ4v) is 5.11. The van der Waals surface area contributed by atoms with Crippen LogP contribution < -0.4 is 16.0 Å². The van der Waals surface area contributed by atoms with Gasteiger partial charge in [-0.2, -0.15) is 0 Å². The van der Waals surface area contributed by atoms with Gasteiger partial charge >= 0.3 is 0 Å². The Balaban J connectivity index is 1.06. The van der Waals surface area contributed by atoms with Crippen molar-refractivity contribution < 1.29 is 23.2 Å². The minimum atomic E-state index is -0.531. The van der Waals surface area contributed by atoms with Gasteiger partial charge in [0.05, 0.1) is 12.0 Å². The van der Waals surface area contributed by atoms with Crippen LogP contribution in [0.15, 0.2) is 141 Å². The Hall–Kier alpha value is -5.87. The van der Waals surface area contributed by atoms with E-state index in [-0.39, 0.29) is 17.4 Å². The highest BCUT2D eigenvalue weighted by molar-refractivity contribution is 8.00. The van der Waals surface area contributed by atoms with E-state index < -0.39 is 11.8 Å². The largest absolute Gasteiger partial charge is 0.465 e. The van der Waals surface area contributed by atoms with E-state index in [4.69, 9.17) is 8.83 Å². The predicted molar refractivity (Wildman–Crippen MR) is 174 cm³/mol. The number of hydrogen-bond acceptors (Lipinski definition) is 7. The molecule has 0 saturated heterocycles. The zero-order valence-corrected chi connectivity index (χ0v) is 24.5. The second-order valence-electron chi connectivity index (χ2n) is 9.78. The van der Waals surface area contributed by atoms with Gasteiger partial charge in [-0.3, -0.25) is 14.4 Å². The smallest absolute Gasteiger partial charge is 0.272 e. The zero-order valence-electron chi connectivity index (χ0n) is 23.7. The van der Waals surface area contributed by atoms with Gasteiger partial charge in [0, 0.05) is 33.5 Å². The lowest BCUT2D eigenvalue weighted by Gasteiger charge is -2.12. The highest BCUT2D eigenvalue weighted by atomic mass is 32.2. The van der Waals surface area contributed by atoms with Crippen LogP contribution >= 0.6 is 11.8 Å². The summed E-state index contributed by atoms with van der Waals surface area (Å²) in [5.41, 5.74) is 3.87. The number of furan rings is 1. The summed E-state index contributed by atoms with van der Waals surface area (Å²) in [7, 11) is 0. The van der Waals surface area contributed by atoms with Crippen LogP contribution in [0.4, 0.5) is 11.4 Å². The van der Waals surface area contributed by atoms with Crippen LogP contribution in [-0.4, -0.2) is 28.5 Å². The van der Waals surface area contributed by atoms with Gasteiger partial charge in [0.25, 0.3) is 11.8 Å². The molecule has 0 saturated carbocycles. The van der Waals surface area contributed by atoms with Crippen molar-refractivity contribution in [2.24, 2.45) is 0 Å². The number of rotatable bonds is 10. The first-order valence-corrected chi connectivity index (χ1v) is 14.9. The minimum absolute atomic E-state index is 0.0124. The Morgan fingerprint density at radius 3 is 2.36 bits per heavy atom. The SMILES string of the molecule is O=C(CSc1cccc(NC(=O)/C(=C/c2ccco2)NC(=O)c2ccccc2)c1)Nc1ccc(-c2nc3ccccc3o2)cc1. The molecule has 9 nitrogen and oxygen atoms in total. The first kappa shape index (κ1) is 29.2. The molecule has 6 aromatic rings. The number of aromatic nitrogens is 1. The number of thioether (sulfide) groups is 1. The fourth-order valence-electron chi connectivity index (χ4n) is 4.36. The molecule has 222 valence electrons. The van der Waals surface area contributed by atoms with Crippen LogP contribution in [-0.2, 0) is 9.59 Å². The highest BCUT2D eigenvalue weighted by Crippen LogP contribution is 2.26. The number of para-hydroxylation sites is 2. The molecular weight excluding hydrogens is 588 g/mol. The van der Waals surface area contributed by atoms with Crippen molar-refractivity contribution in [3.05, 3.63) is 139 Å². The summed E-state index contributed by atoms with van der Waals surface area (Å²) in [6.07, 6.45) is 2.94. The molecule has 10 heteroatoms. The Morgan fingerprint density at radius 1 is 0.778 bits per heavy atom.